The number of fused-ring (bicyclic) bond motifs is 1. The SMILES string of the molecule is Cc1ccc(NC(=O)CSc2cn(C)c3ccccc23)c(C)c1. The van der Waals surface area contributed by atoms with Gasteiger partial charge in [0.05, 0.1) is 5.75 Å². The number of benzene rings is 2. The lowest BCUT2D eigenvalue weighted by Crippen LogP contribution is -2.14. The van der Waals surface area contributed by atoms with Crippen molar-refractivity contribution in [3.8, 4) is 0 Å². The maximum Gasteiger partial charge on any atom is 0.234 e. The van der Waals surface area contributed by atoms with Crippen LogP contribution in [-0.2, 0) is 11.8 Å². The van der Waals surface area contributed by atoms with Gasteiger partial charge in [-0.1, -0.05) is 35.9 Å². The van der Waals surface area contributed by atoms with Crippen molar-refractivity contribution in [2.45, 2.75) is 18.7 Å². The number of carbonyl (C=O) groups is 1. The Bertz CT molecular complexity index is 867. The van der Waals surface area contributed by atoms with Gasteiger partial charge in [0.2, 0.25) is 5.91 Å². The Morgan fingerprint density at radius 2 is 1.96 bits per heavy atom. The number of aryl methyl sites for hydroxylation is 3. The van der Waals surface area contributed by atoms with E-state index >= 15 is 0 Å². The van der Waals surface area contributed by atoms with E-state index in [9.17, 15) is 4.79 Å². The molecule has 0 aliphatic rings. The molecule has 3 nitrogen and oxygen atoms in total. The van der Waals surface area contributed by atoms with Crippen LogP contribution in [0, 0.1) is 13.8 Å². The largest absolute Gasteiger partial charge is 0.349 e. The third-order valence-electron chi connectivity index (χ3n) is 3.88. The predicted molar refractivity (Wildman–Crippen MR) is 98.2 cm³/mol. The molecule has 0 spiro atoms. The first-order valence-electron chi connectivity index (χ1n) is 7.58. The van der Waals surface area contributed by atoms with Crippen LogP contribution in [-0.4, -0.2) is 16.2 Å². The zero-order chi connectivity index (χ0) is 16.4. The van der Waals surface area contributed by atoms with Crippen LogP contribution in [0.15, 0.2) is 53.6 Å². The quantitative estimate of drug-likeness (QED) is 0.716. The minimum Gasteiger partial charge on any atom is -0.349 e. The Labute approximate surface area is 140 Å². The minimum atomic E-state index is 0.0230. The summed E-state index contributed by atoms with van der Waals surface area (Å²) in [5.74, 6) is 0.427. The molecule has 3 aromatic rings. The zero-order valence-corrected chi connectivity index (χ0v) is 14.4. The predicted octanol–water partition coefficient (Wildman–Crippen LogP) is 4.53. The molecule has 0 aliphatic carbocycles. The number of para-hydroxylation sites is 1. The van der Waals surface area contributed by atoms with E-state index in [1.54, 1.807) is 11.8 Å². The van der Waals surface area contributed by atoms with Crippen molar-refractivity contribution < 1.29 is 4.79 Å². The van der Waals surface area contributed by atoms with Gasteiger partial charge in [0.25, 0.3) is 0 Å². The summed E-state index contributed by atoms with van der Waals surface area (Å²) < 4.78 is 2.10. The van der Waals surface area contributed by atoms with Crippen LogP contribution >= 0.6 is 11.8 Å². The molecule has 3 rings (SSSR count). The summed E-state index contributed by atoms with van der Waals surface area (Å²) in [6, 6.07) is 14.3. The molecule has 2 aromatic carbocycles. The van der Waals surface area contributed by atoms with Gasteiger partial charge in [-0.3, -0.25) is 4.79 Å². The van der Waals surface area contributed by atoms with Crippen LogP contribution in [0.25, 0.3) is 10.9 Å². The molecule has 1 amide bonds. The highest BCUT2D eigenvalue weighted by molar-refractivity contribution is 8.00. The van der Waals surface area contributed by atoms with E-state index < -0.39 is 0 Å². The van der Waals surface area contributed by atoms with Gasteiger partial charge in [0, 0.05) is 34.7 Å². The molecule has 0 aliphatic heterocycles. The van der Waals surface area contributed by atoms with Crippen LogP contribution in [0.3, 0.4) is 0 Å². The van der Waals surface area contributed by atoms with Crippen LogP contribution in [0.5, 0.6) is 0 Å². The average molecular weight is 324 g/mol. The second-order valence-electron chi connectivity index (χ2n) is 5.78. The molecule has 1 heterocycles. The third-order valence-corrected chi connectivity index (χ3v) is 4.92. The van der Waals surface area contributed by atoms with Gasteiger partial charge in [-0.25, -0.2) is 0 Å². The summed E-state index contributed by atoms with van der Waals surface area (Å²) in [6.07, 6.45) is 2.08. The highest BCUT2D eigenvalue weighted by atomic mass is 32.2. The third kappa shape index (κ3) is 3.42. The molecule has 0 bridgehead atoms. The van der Waals surface area contributed by atoms with Gasteiger partial charge in [0.1, 0.15) is 0 Å². The molecule has 1 N–H and O–H groups in total. The second kappa shape index (κ2) is 6.50. The van der Waals surface area contributed by atoms with E-state index in [1.807, 2.05) is 38.2 Å². The first kappa shape index (κ1) is 15.7. The number of rotatable bonds is 4. The molecule has 4 heteroatoms. The average Bonchev–Trinajstić information content (AvgIpc) is 2.85. The molecule has 118 valence electrons. The first-order valence-corrected chi connectivity index (χ1v) is 8.57. The number of anilines is 1. The number of amides is 1. The van der Waals surface area contributed by atoms with Gasteiger partial charge in [-0.05, 0) is 31.5 Å². The molecule has 0 saturated heterocycles. The molecule has 23 heavy (non-hydrogen) atoms. The van der Waals surface area contributed by atoms with Crippen molar-refractivity contribution in [2.75, 3.05) is 11.1 Å². The van der Waals surface area contributed by atoms with E-state index in [4.69, 9.17) is 0 Å². The van der Waals surface area contributed by atoms with Crippen LogP contribution < -0.4 is 5.32 Å². The van der Waals surface area contributed by atoms with Gasteiger partial charge in [-0.15, -0.1) is 11.8 Å². The van der Waals surface area contributed by atoms with Crippen molar-refractivity contribution in [3.63, 3.8) is 0 Å². The van der Waals surface area contributed by atoms with Crippen LogP contribution in [0.4, 0.5) is 5.69 Å². The second-order valence-corrected chi connectivity index (χ2v) is 6.79. The monoisotopic (exact) mass is 324 g/mol. The molecule has 0 saturated carbocycles. The van der Waals surface area contributed by atoms with E-state index in [0.717, 1.165) is 16.1 Å². The Hall–Kier alpha value is -2.20. The minimum absolute atomic E-state index is 0.0230. The maximum absolute atomic E-state index is 12.2. The smallest absolute Gasteiger partial charge is 0.234 e. The molecule has 1 aromatic heterocycles. The Morgan fingerprint density at radius 3 is 2.74 bits per heavy atom. The van der Waals surface area contributed by atoms with Crippen molar-refractivity contribution >= 4 is 34.3 Å². The van der Waals surface area contributed by atoms with Gasteiger partial charge < -0.3 is 9.88 Å². The van der Waals surface area contributed by atoms with Crippen molar-refractivity contribution in [1.29, 1.82) is 0 Å². The molecular formula is C19H20N2OS. The lowest BCUT2D eigenvalue weighted by atomic mass is 10.1. The molecule has 0 atom stereocenters. The molecule has 0 fully saturated rings. The molecule has 0 unspecified atom stereocenters. The number of hydrogen-bond acceptors (Lipinski definition) is 2. The zero-order valence-electron chi connectivity index (χ0n) is 13.6. The summed E-state index contributed by atoms with van der Waals surface area (Å²) in [5.41, 5.74) is 4.36. The van der Waals surface area contributed by atoms with E-state index in [2.05, 4.69) is 41.2 Å². The summed E-state index contributed by atoms with van der Waals surface area (Å²) in [4.78, 5) is 13.4. The Balaban J connectivity index is 1.69. The van der Waals surface area contributed by atoms with E-state index in [0.29, 0.717) is 5.75 Å². The summed E-state index contributed by atoms with van der Waals surface area (Å²) >= 11 is 1.57. The number of nitrogens with zero attached hydrogens (tertiary/aromatic N) is 1. The molecular weight excluding hydrogens is 304 g/mol. The fraction of sp³-hybridized carbons (Fsp3) is 0.211. The lowest BCUT2D eigenvalue weighted by Gasteiger charge is -2.08. The fourth-order valence-corrected chi connectivity index (χ4v) is 3.62. The summed E-state index contributed by atoms with van der Waals surface area (Å²) in [7, 11) is 2.03. The van der Waals surface area contributed by atoms with Gasteiger partial charge in [-0.2, -0.15) is 0 Å². The number of aromatic nitrogens is 1. The maximum atomic E-state index is 12.2. The van der Waals surface area contributed by atoms with Crippen LogP contribution in [0.2, 0.25) is 0 Å². The number of hydrogen-bond donors (Lipinski definition) is 1. The first-order chi connectivity index (χ1) is 11.0. The van der Waals surface area contributed by atoms with E-state index in [1.165, 1.54) is 16.5 Å². The number of thioether (sulfide) groups is 1. The topological polar surface area (TPSA) is 34.0 Å². The van der Waals surface area contributed by atoms with Crippen molar-refractivity contribution in [2.24, 2.45) is 7.05 Å². The standard InChI is InChI=1S/C19H20N2OS/c1-13-8-9-16(14(2)10-13)20-19(22)12-23-18-11-21(3)17-7-5-4-6-15(17)18/h4-11H,12H2,1-3H3,(H,20,22). The van der Waals surface area contributed by atoms with Crippen molar-refractivity contribution in [3.05, 3.63) is 59.8 Å². The van der Waals surface area contributed by atoms with Crippen molar-refractivity contribution in [1.82, 2.24) is 4.57 Å². The van der Waals surface area contributed by atoms with Crippen LogP contribution in [0.1, 0.15) is 11.1 Å². The highest BCUT2D eigenvalue weighted by Gasteiger charge is 2.10. The Kier molecular flexibility index (Phi) is 4.44. The molecule has 0 radical (unpaired) electrons. The Morgan fingerprint density at radius 1 is 1.17 bits per heavy atom. The van der Waals surface area contributed by atoms with Gasteiger partial charge in [0.15, 0.2) is 0 Å². The fourth-order valence-electron chi connectivity index (χ4n) is 2.70. The highest BCUT2D eigenvalue weighted by Crippen LogP contribution is 2.29. The van der Waals surface area contributed by atoms with Gasteiger partial charge >= 0.3 is 0 Å². The summed E-state index contributed by atoms with van der Waals surface area (Å²) in [6.45, 7) is 4.06. The summed E-state index contributed by atoms with van der Waals surface area (Å²) in [5, 5.41) is 4.19. The lowest BCUT2D eigenvalue weighted by molar-refractivity contribution is -0.113. The van der Waals surface area contributed by atoms with E-state index in [-0.39, 0.29) is 5.91 Å². The number of carbonyl (C=O) groups excluding carboxylic acids is 1. The normalized spacial score (nSPS) is 10.9. The number of nitrogens with one attached hydrogen (secondary N) is 1.